The van der Waals surface area contributed by atoms with E-state index in [1.165, 1.54) is 30.9 Å². The molecular formula is C12H20N2S. The molecule has 0 aromatic carbocycles. The zero-order valence-corrected chi connectivity index (χ0v) is 10.2. The van der Waals surface area contributed by atoms with Crippen LogP contribution < -0.4 is 5.32 Å². The second-order valence-corrected chi connectivity index (χ2v) is 6.56. The molecule has 0 radical (unpaired) electrons. The molecule has 0 saturated heterocycles. The van der Waals surface area contributed by atoms with E-state index in [0.29, 0.717) is 0 Å². The van der Waals surface area contributed by atoms with Crippen molar-refractivity contribution >= 4 is 16.9 Å². The first-order chi connectivity index (χ1) is 7.33. The first-order valence-corrected chi connectivity index (χ1v) is 7.16. The van der Waals surface area contributed by atoms with E-state index in [1.54, 1.807) is 0 Å². The quantitative estimate of drug-likeness (QED) is 0.793. The Morgan fingerprint density at radius 2 is 2.20 bits per heavy atom. The average molecular weight is 224 g/mol. The van der Waals surface area contributed by atoms with E-state index in [9.17, 15) is 0 Å². The lowest BCUT2D eigenvalue weighted by molar-refractivity contribution is 0.501. The number of thioether (sulfide) groups is 1. The van der Waals surface area contributed by atoms with Crippen LogP contribution in [0.25, 0.3) is 0 Å². The fourth-order valence-electron chi connectivity index (χ4n) is 2.28. The number of hydrogen-bond acceptors (Lipinski definition) is 3. The molecule has 2 aliphatic carbocycles. The lowest BCUT2D eigenvalue weighted by Crippen LogP contribution is -2.26. The minimum Gasteiger partial charge on any atom is -0.365 e. The molecule has 1 N–H and O–H groups in total. The lowest BCUT2D eigenvalue weighted by atomic mass is 10.1. The van der Waals surface area contributed by atoms with Gasteiger partial charge in [0.05, 0.1) is 6.54 Å². The SMILES string of the molecule is CC(CNC1=NCC(C2CC2)S1)C1CC1. The van der Waals surface area contributed by atoms with Crippen molar-refractivity contribution in [3.05, 3.63) is 0 Å². The number of rotatable bonds is 4. The van der Waals surface area contributed by atoms with Crippen molar-refractivity contribution in [1.29, 1.82) is 0 Å². The van der Waals surface area contributed by atoms with Gasteiger partial charge in [0.15, 0.2) is 5.17 Å². The van der Waals surface area contributed by atoms with Crippen molar-refractivity contribution in [2.24, 2.45) is 22.7 Å². The summed E-state index contributed by atoms with van der Waals surface area (Å²) < 4.78 is 0. The van der Waals surface area contributed by atoms with Gasteiger partial charge in [0.2, 0.25) is 0 Å². The van der Waals surface area contributed by atoms with Crippen molar-refractivity contribution in [2.75, 3.05) is 13.1 Å². The minimum atomic E-state index is 0.809. The predicted molar refractivity (Wildman–Crippen MR) is 66.3 cm³/mol. The molecule has 0 amide bonds. The Bertz CT molecular complexity index is 269. The van der Waals surface area contributed by atoms with Gasteiger partial charge in [-0.2, -0.15) is 0 Å². The third-order valence-electron chi connectivity index (χ3n) is 3.83. The Labute approximate surface area is 96.3 Å². The predicted octanol–water partition coefficient (Wildman–Crippen LogP) is 2.50. The van der Waals surface area contributed by atoms with Crippen LogP contribution in [0, 0.1) is 17.8 Å². The lowest BCUT2D eigenvalue weighted by Gasteiger charge is -2.12. The van der Waals surface area contributed by atoms with Crippen LogP contribution >= 0.6 is 11.8 Å². The second-order valence-electron chi connectivity index (χ2n) is 5.34. The van der Waals surface area contributed by atoms with Crippen LogP contribution in [0.3, 0.4) is 0 Å². The van der Waals surface area contributed by atoms with Crippen LogP contribution in [0.1, 0.15) is 32.6 Å². The van der Waals surface area contributed by atoms with E-state index in [2.05, 4.69) is 17.2 Å². The minimum absolute atomic E-state index is 0.809. The molecule has 0 spiro atoms. The summed E-state index contributed by atoms with van der Waals surface area (Å²) in [6.07, 6.45) is 5.79. The fraction of sp³-hybridized carbons (Fsp3) is 0.917. The third kappa shape index (κ3) is 2.49. The van der Waals surface area contributed by atoms with Crippen LogP contribution in [0.4, 0.5) is 0 Å². The zero-order chi connectivity index (χ0) is 10.3. The smallest absolute Gasteiger partial charge is 0.156 e. The molecule has 0 bridgehead atoms. The first kappa shape index (κ1) is 10.0. The van der Waals surface area contributed by atoms with Gasteiger partial charge in [0, 0.05) is 11.8 Å². The summed E-state index contributed by atoms with van der Waals surface area (Å²) in [4.78, 5) is 4.60. The Balaban J connectivity index is 1.40. The summed E-state index contributed by atoms with van der Waals surface area (Å²) in [7, 11) is 0. The summed E-state index contributed by atoms with van der Waals surface area (Å²) in [6.45, 7) is 4.56. The number of amidine groups is 1. The van der Waals surface area contributed by atoms with Gasteiger partial charge in [0.1, 0.15) is 0 Å². The third-order valence-corrected chi connectivity index (χ3v) is 5.16. The molecule has 0 aromatic rings. The maximum Gasteiger partial charge on any atom is 0.156 e. The molecule has 2 atom stereocenters. The van der Waals surface area contributed by atoms with Crippen molar-refractivity contribution in [3.63, 3.8) is 0 Å². The van der Waals surface area contributed by atoms with Crippen LogP contribution in [-0.4, -0.2) is 23.5 Å². The highest BCUT2D eigenvalue weighted by Gasteiger charge is 2.35. The van der Waals surface area contributed by atoms with Crippen molar-refractivity contribution in [1.82, 2.24) is 5.32 Å². The van der Waals surface area contributed by atoms with Crippen LogP contribution in [-0.2, 0) is 0 Å². The second kappa shape index (κ2) is 4.00. The molecule has 1 heterocycles. The maximum absolute atomic E-state index is 4.60. The van der Waals surface area contributed by atoms with Crippen molar-refractivity contribution in [3.8, 4) is 0 Å². The average Bonchev–Trinajstić information content (AvgIpc) is 3.12. The van der Waals surface area contributed by atoms with E-state index in [-0.39, 0.29) is 0 Å². The summed E-state index contributed by atoms with van der Waals surface area (Å²) in [5.41, 5.74) is 0. The van der Waals surface area contributed by atoms with E-state index < -0.39 is 0 Å². The standard InChI is InChI=1S/C12H20N2S/c1-8(9-2-3-9)6-13-12-14-7-11(15-12)10-4-5-10/h8-11H,2-7H2,1H3,(H,13,14). The van der Waals surface area contributed by atoms with E-state index in [0.717, 1.165) is 36.1 Å². The normalized spacial score (nSPS) is 32.6. The van der Waals surface area contributed by atoms with Crippen LogP contribution in [0.5, 0.6) is 0 Å². The van der Waals surface area contributed by atoms with E-state index in [4.69, 9.17) is 0 Å². The summed E-state index contributed by atoms with van der Waals surface area (Å²) in [5, 5.41) is 5.56. The highest BCUT2D eigenvalue weighted by Crippen LogP contribution is 2.41. The van der Waals surface area contributed by atoms with Gasteiger partial charge in [-0.25, -0.2) is 0 Å². The number of nitrogens with zero attached hydrogens (tertiary/aromatic N) is 1. The van der Waals surface area contributed by atoms with E-state index in [1.807, 2.05) is 11.8 Å². The van der Waals surface area contributed by atoms with Gasteiger partial charge in [-0.3, -0.25) is 4.99 Å². The van der Waals surface area contributed by atoms with Gasteiger partial charge < -0.3 is 5.32 Å². The molecule has 3 rings (SSSR count). The number of nitrogens with one attached hydrogen (secondary N) is 1. The Morgan fingerprint density at radius 1 is 1.40 bits per heavy atom. The molecule has 2 nitrogen and oxygen atoms in total. The Morgan fingerprint density at radius 3 is 2.87 bits per heavy atom. The first-order valence-electron chi connectivity index (χ1n) is 6.28. The molecule has 3 heteroatoms. The van der Waals surface area contributed by atoms with Crippen LogP contribution in [0.15, 0.2) is 4.99 Å². The van der Waals surface area contributed by atoms with Crippen molar-refractivity contribution in [2.45, 2.75) is 37.9 Å². The molecule has 2 fully saturated rings. The Kier molecular flexibility index (Phi) is 2.67. The largest absolute Gasteiger partial charge is 0.365 e. The highest BCUT2D eigenvalue weighted by molar-refractivity contribution is 8.14. The van der Waals surface area contributed by atoms with Crippen LogP contribution in [0.2, 0.25) is 0 Å². The van der Waals surface area contributed by atoms with Crippen molar-refractivity contribution < 1.29 is 0 Å². The molecule has 2 saturated carbocycles. The van der Waals surface area contributed by atoms with E-state index >= 15 is 0 Å². The van der Waals surface area contributed by atoms with Gasteiger partial charge in [-0.05, 0) is 43.4 Å². The summed E-state index contributed by atoms with van der Waals surface area (Å²) in [5.74, 6) is 2.83. The molecular weight excluding hydrogens is 204 g/mol. The van der Waals surface area contributed by atoms with Gasteiger partial charge in [-0.1, -0.05) is 18.7 Å². The Hall–Kier alpha value is -0.180. The molecule has 84 valence electrons. The molecule has 15 heavy (non-hydrogen) atoms. The zero-order valence-electron chi connectivity index (χ0n) is 9.41. The fourth-order valence-corrected chi connectivity index (χ4v) is 3.50. The van der Waals surface area contributed by atoms with Gasteiger partial charge in [0.25, 0.3) is 0 Å². The molecule has 2 unspecified atom stereocenters. The summed E-state index contributed by atoms with van der Waals surface area (Å²) >= 11 is 1.99. The number of hydrogen-bond donors (Lipinski definition) is 1. The van der Waals surface area contributed by atoms with Gasteiger partial charge in [-0.15, -0.1) is 0 Å². The topological polar surface area (TPSA) is 24.4 Å². The highest BCUT2D eigenvalue weighted by atomic mass is 32.2. The number of aliphatic imine (C=N–C) groups is 1. The maximum atomic E-state index is 4.60. The molecule has 1 aliphatic heterocycles. The van der Waals surface area contributed by atoms with Gasteiger partial charge >= 0.3 is 0 Å². The molecule has 0 aromatic heterocycles. The monoisotopic (exact) mass is 224 g/mol. The molecule has 3 aliphatic rings. The summed E-state index contributed by atoms with van der Waals surface area (Å²) in [6, 6.07) is 0.